The van der Waals surface area contributed by atoms with Crippen LogP contribution in [-0.2, 0) is 0 Å². The third-order valence-corrected chi connectivity index (χ3v) is 9.53. The van der Waals surface area contributed by atoms with E-state index in [9.17, 15) is 13.2 Å². The Balaban J connectivity index is 3.39. The first kappa shape index (κ1) is 16.4. The molecule has 0 radical (unpaired) electrons. The summed E-state index contributed by atoms with van der Waals surface area (Å²) < 4.78 is 40.5. The second-order valence-electron chi connectivity index (χ2n) is 4.83. The Morgan fingerprint density at radius 2 is 1.41 bits per heavy atom. The topological polar surface area (TPSA) is 6.48 Å². The molecule has 2 nitrogen and oxygen atoms in total. The van der Waals surface area contributed by atoms with Gasteiger partial charge in [-0.3, -0.25) is 0 Å². The molecule has 0 spiro atoms. The van der Waals surface area contributed by atoms with Crippen LogP contribution in [0.3, 0.4) is 0 Å². The van der Waals surface area contributed by atoms with Gasteiger partial charge < -0.3 is 0 Å². The van der Waals surface area contributed by atoms with E-state index in [1.807, 2.05) is 0 Å². The first-order chi connectivity index (χ1) is 7.05. The third-order valence-electron chi connectivity index (χ3n) is 2.50. The first-order valence-electron chi connectivity index (χ1n) is 4.53. The Morgan fingerprint density at radius 3 is 1.59 bits per heavy atom. The number of hydrogen-bond acceptors (Lipinski definition) is 2. The van der Waals surface area contributed by atoms with Gasteiger partial charge in [-0.2, -0.15) is 0 Å². The van der Waals surface area contributed by atoms with Crippen LogP contribution in [0, 0.1) is 0 Å². The summed E-state index contributed by atoms with van der Waals surface area (Å²) in [5.41, 5.74) is -1.03. The second kappa shape index (κ2) is 3.69. The van der Waals surface area contributed by atoms with E-state index in [1.54, 1.807) is 0 Å². The number of rotatable bonds is 0. The van der Waals surface area contributed by atoms with Gasteiger partial charge in [0.05, 0.1) is 0 Å². The van der Waals surface area contributed by atoms with Crippen molar-refractivity contribution in [3.05, 3.63) is 0 Å². The molecule has 1 rings (SSSR count). The minimum absolute atomic E-state index is 0.593. The minimum atomic E-state index is -4.74. The molecule has 0 N–H and O–H groups in total. The summed E-state index contributed by atoms with van der Waals surface area (Å²) in [5.74, 6) is 0. The molecule has 1 aliphatic rings. The van der Waals surface area contributed by atoms with Gasteiger partial charge in [0.25, 0.3) is 0 Å². The van der Waals surface area contributed by atoms with Crippen molar-refractivity contribution in [3.63, 3.8) is 0 Å². The fraction of sp³-hybridized carbons (Fsp3) is 1.00. The van der Waals surface area contributed by atoms with Crippen molar-refractivity contribution in [2.24, 2.45) is 0 Å². The standard InChI is InChI=1S/C7H12Cl4F3N2P/c1-5(2,3)16-6(8,7(12,13)14)15(4)17(16,9,10)11/h1-4H3. The fourth-order valence-electron chi connectivity index (χ4n) is 1.88. The Labute approximate surface area is 117 Å². The van der Waals surface area contributed by atoms with Gasteiger partial charge in [0.1, 0.15) is 0 Å². The monoisotopic (exact) mass is 352 g/mol. The van der Waals surface area contributed by atoms with Crippen LogP contribution in [0.2, 0.25) is 0 Å². The van der Waals surface area contributed by atoms with E-state index in [2.05, 4.69) is 0 Å². The molecule has 0 aromatic carbocycles. The Morgan fingerprint density at radius 1 is 1.06 bits per heavy atom. The third kappa shape index (κ3) is 2.06. The van der Waals surface area contributed by atoms with Crippen LogP contribution < -0.4 is 0 Å². The summed E-state index contributed by atoms with van der Waals surface area (Å²) in [6.45, 7) is 4.53. The Hall–Kier alpha value is 1.30. The summed E-state index contributed by atoms with van der Waals surface area (Å²) in [6, 6.07) is 0. The number of nitrogens with zero attached hydrogens (tertiary/aromatic N) is 2. The van der Waals surface area contributed by atoms with Crippen LogP contribution in [0.15, 0.2) is 0 Å². The summed E-state index contributed by atoms with van der Waals surface area (Å²) in [5, 5.41) is -2.78. The molecule has 0 amide bonds. The molecular formula is C7H12Cl4F3N2P. The van der Waals surface area contributed by atoms with Crippen molar-refractivity contribution in [3.8, 4) is 0 Å². The molecule has 0 bridgehead atoms. The molecule has 17 heavy (non-hydrogen) atoms. The molecular weight excluding hydrogens is 342 g/mol. The van der Waals surface area contributed by atoms with Crippen LogP contribution in [-0.4, -0.2) is 33.2 Å². The number of halogens is 7. The van der Waals surface area contributed by atoms with Gasteiger partial charge in [0.2, 0.25) is 0 Å². The van der Waals surface area contributed by atoms with Gasteiger partial charge in [0.15, 0.2) is 0 Å². The fourth-order valence-corrected chi connectivity index (χ4v) is 10.1. The van der Waals surface area contributed by atoms with Gasteiger partial charge in [-0.25, -0.2) is 0 Å². The van der Waals surface area contributed by atoms with Crippen LogP contribution in [0.5, 0.6) is 0 Å². The van der Waals surface area contributed by atoms with E-state index in [4.69, 9.17) is 45.3 Å². The van der Waals surface area contributed by atoms with Gasteiger partial charge in [-0.1, -0.05) is 0 Å². The number of hydrogen-bond donors (Lipinski definition) is 0. The van der Waals surface area contributed by atoms with Gasteiger partial charge >= 0.3 is 117 Å². The molecule has 1 unspecified atom stereocenters. The van der Waals surface area contributed by atoms with Gasteiger partial charge in [-0.05, 0) is 0 Å². The molecule has 1 fully saturated rings. The summed E-state index contributed by atoms with van der Waals surface area (Å²) >= 11 is 23.6. The molecule has 1 heterocycles. The van der Waals surface area contributed by atoms with Crippen LogP contribution >= 0.6 is 50.3 Å². The average molecular weight is 354 g/mol. The van der Waals surface area contributed by atoms with Crippen molar-refractivity contribution >= 4 is 50.3 Å². The molecule has 0 aliphatic carbocycles. The summed E-state index contributed by atoms with van der Waals surface area (Å²) in [7, 11) is 1.06. The molecule has 1 aliphatic heterocycles. The van der Waals surface area contributed by atoms with Gasteiger partial charge in [0, 0.05) is 0 Å². The summed E-state index contributed by atoms with van der Waals surface area (Å²) in [4.78, 5) is -4.31. The van der Waals surface area contributed by atoms with E-state index in [0.29, 0.717) is 4.67 Å². The molecule has 0 saturated carbocycles. The van der Waals surface area contributed by atoms with Crippen LogP contribution in [0.4, 0.5) is 13.2 Å². The zero-order valence-electron chi connectivity index (χ0n) is 9.49. The molecule has 10 heteroatoms. The van der Waals surface area contributed by atoms with E-state index in [1.165, 1.54) is 20.8 Å². The van der Waals surface area contributed by atoms with Crippen molar-refractivity contribution in [1.29, 1.82) is 0 Å². The second-order valence-corrected chi connectivity index (χ2v) is 15.1. The summed E-state index contributed by atoms with van der Waals surface area (Å²) in [6.07, 6.45) is -4.74. The SMILES string of the molecule is CN1C(Cl)(C(F)(F)F)N(C(C)(C)C)P1(Cl)(Cl)Cl. The number of alkyl halides is 4. The molecule has 0 aromatic heterocycles. The normalized spacial score (nSPS) is 37.0. The Kier molecular flexibility index (Phi) is 3.55. The quantitative estimate of drug-likeness (QED) is 0.330. The van der Waals surface area contributed by atoms with Crippen molar-refractivity contribution in [1.82, 2.24) is 9.34 Å². The zero-order chi connectivity index (χ0) is 14.1. The molecule has 0 aromatic rings. The zero-order valence-corrected chi connectivity index (χ0v) is 13.4. The van der Waals surface area contributed by atoms with Crippen LogP contribution in [0.25, 0.3) is 0 Å². The molecule has 1 saturated heterocycles. The van der Waals surface area contributed by atoms with E-state index in [0.717, 1.165) is 11.7 Å². The van der Waals surface area contributed by atoms with Crippen molar-refractivity contribution in [2.75, 3.05) is 7.05 Å². The van der Waals surface area contributed by atoms with Crippen molar-refractivity contribution in [2.45, 2.75) is 37.6 Å². The predicted molar refractivity (Wildman–Crippen MR) is 68.5 cm³/mol. The van der Waals surface area contributed by atoms with Crippen molar-refractivity contribution < 1.29 is 13.2 Å². The Bertz CT molecular complexity index is 348. The van der Waals surface area contributed by atoms with E-state index < -0.39 is 21.8 Å². The molecule has 104 valence electrons. The first-order valence-corrected chi connectivity index (χ1v) is 9.77. The van der Waals surface area contributed by atoms with E-state index in [-0.39, 0.29) is 0 Å². The average Bonchev–Trinajstić information content (AvgIpc) is 1.95. The van der Waals surface area contributed by atoms with E-state index >= 15 is 0 Å². The predicted octanol–water partition coefficient (Wildman–Crippen LogP) is 5.33. The van der Waals surface area contributed by atoms with Gasteiger partial charge in [-0.15, -0.1) is 0 Å². The molecule has 1 atom stereocenters. The maximum absolute atomic E-state index is 13.1. The van der Waals surface area contributed by atoms with Crippen LogP contribution in [0.1, 0.15) is 20.8 Å². The maximum atomic E-state index is 13.1.